The van der Waals surface area contributed by atoms with Crippen molar-refractivity contribution in [2.24, 2.45) is 23.7 Å². The Balaban J connectivity index is 1.69. The SMILES string of the molecule is [C-]#[N+]C1([N+]#[C-])C[C@@]23C=C[C@@](C(=O)OCC)(O2)C(=C)C3[C@H]2C1=C[C@@H]1CC[C@H]2C1. The number of rotatable bonds is 2. The Morgan fingerprint density at radius 3 is 2.85 bits per heavy atom. The maximum Gasteiger partial charge on any atom is 0.509 e. The number of nitrogens with zero attached hydrogens (tertiary/aromatic N) is 2. The topological polar surface area (TPSA) is 44.2 Å². The molecule has 0 aromatic carbocycles. The van der Waals surface area contributed by atoms with Crippen LogP contribution in [-0.4, -0.2) is 29.4 Å². The van der Waals surface area contributed by atoms with Crippen LogP contribution < -0.4 is 0 Å². The number of fused-ring (bicyclic) bond motifs is 6. The van der Waals surface area contributed by atoms with Crippen LogP contribution >= 0.6 is 0 Å². The summed E-state index contributed by atoms with van der Waals surface area (Å²) in [5, 5.41) is 0. The molecule has 3 aliphatic carbocycles. The zero-order valence-corrected chi connectivity index (χ0v) is 15.4. The van der Waals surface area contributed by atoms with Gasteiger partial charge in [0.25, 0.3) is 0 Å². The summed E-state index contributed by atoms with van der Waals surface area (Å²) in [5.74, 6) is 0.445. The first-order valence-corrected chi connectivity index (χ1v) is 9.72. The molecule has 2 saturated carbocycles. The second kappa shape index (κ2) is 5.12. The minimum atomic E-state index is -1.26. The maximum absolute atomic E-state index is 12.8. The Morgan fingerprint density at radius 1 is 1.37 bits per heavy atom. The Morgan fingerprint density at radius 2 is 2.15 bits per heavy atom. The number of allylic oxidation sites excluding steroid dienone is 1. The standard InChI is InChI=1S/C22H22N2O3/c1-5-26-19(25)21-9-8-20(27-21)12-22(23-3,24-4)16-11-14-6-7-15(10-14)17(16)18(20)13(21)2/h8-9,11,14-15,17-18H,2,5-7,10,12H2,1H3/t14-,15+,17-,18?,20-,21-/m1/s1. The van der Waals surface area contributed by atoms with Crippen molar-refractivity contribution in [2.45, 2.75) is 49.5 Å². The van der Waals surface area contributed by atoms with Gasteiger partial charge in [0.15, 0.2) is 0 Å². The monoisotopic (exact) mass is 362 g/mol. The summed E-state index contributed by atoms with van der Waals surface area (Å²) >= 11 is 0. The van der Waals surface area contributed by atoms with E-state index in [1.807, 2.05) is 6.08 Å². The van der Waals surface area contributed by atoms with Crippen molar-refractivity contribution in [3.05, 3.63) is 58.8 Å². The molecule has 5 rings (SSSR count). The third-order valence-electron chi connectivity index (χ3n) is 7.42. The van der Waals surface area contributed by atoms with E-state index in [9.17, 15) is 4.79 Å². The van der Waals surface area contributed by atoms with Crippen molar-refractivity contribution in [3.8, 4) is 0 Å². The van der Waals surface area contributed by atoms with Gasteiger partial charge in [-0.15, -0.1) is 0 Å². The first-order valence-electron chi connectivity index (χ1n) is 9.72. The molecule has 0 amide bonds. The molecule has 5 heteroatoms. The number of carbonyl (C=O) groups is 1. The molecule has 2 aliphatic heterocycles. The summed E-state index contributed by atoms with van der Waals surface area (Å²) in [6.45, 7) is 22.1. The van der Waals surface area contributed by atoms with Crippen molar-refractivity contribution in [1.82, 2.24) is 0 Å². The van der Waals surface area contributed by atoms with Crippen molar-refractivity contribution in [2.75, 3.05) is 6.61 Å². The van der Waals surface area contributed by atoms with E-state index in [-0.39, 0.29) is 24.9 Å². The number of hydrogen-bond donors (Lipinski definition) is 0. The molecule has 4 bridgehead atoms. The fraction of sp³-hybridized carbons (Fsp3) is 0.591. The van der Waals surface area contributed by atoms with Gasteiger partial charge in [-0.2, -0.15) is 0 Å². The van der Waals surface area contributed by atoms with E-state index in [4.69, 9.17) is 22.6 Å². The highest BCUT2D eigenvalue weighted by Gasteiger charge is 2.77. The largest absolute Gasteiger partial charge is 0.509 e. The molecule has 5 aliphatic rings. The minimum Gasteiger partial charge on any atom is -0.463 e. The van der Waals surface area contributed by atoms with Gasteiger partial charge in [-0.25, -0.2) is 27.6 Å². The summed E-state index contributed by atoms with van der Waals surface area (Å²) in [6.07, 6.45) is 9.44. The average molecular weight is 362 g/mol. The van der Waals surface area contributed by atoms with Gasteiger partial charge < -0.3 is 9.47 Å². The number of ether oxygens (including phenoxy) is 2. The van der Waals surface area contributed by atoms with Crippen molar-refractivity contribution < 1.29 is 14.3 Å². The summed E-state index contributed by atoms with van der Waals surface area (Å²) in [5.41, 5.74) is -1.60. The van der Waals surface area contributed by atoms with E-state index < -0.39 is 22.8 Å². The Bertz CT molecular complexity index is 889. The summed E-state index contributed by atoms with van der Waals surface area (Å²) in [7, 11) is 0. The van der Waals surface area contributed by atoms with Crippen LogP contribution in [0.5, 0.6) is 0 Å². The number of hydrogen-bond acceptors (Lipinski definition) is 3. The quantitative estimate of drug-likeness (QED) is 0.427. The van der Waals surface area contributed by atoms with E-state index >= 15 is 0 Å². The second-order valence-corrected chi connectivity index (χ2v) is 8.55. The Kier molecular flexibility index (Phi) is 3.18. The molecule has 1 spiro atoms. The molecule has 0 N–H and O–H groups in total. The zero-order valence-electron chi connectivity index (χ0n) is 15.4. The predicted molar refractivity (Wildman–Crippen MR) is 97.9 cm³/mol. The Labute approximate surface area is 159 Å². The fourth-order valence-corrected chi connectivity index (χ4v) is 6.42. The van der Waals surface area contributed by atoms with Crippen LogP contribution in [0.4, 0.5) is 0 Å². The lowest BCUT2D eigenvalue weighted by atomic mass is 9.54. The van der Waals surface area contributed by atoms with Gasteiger partial charge >= 0.3 is 11.6 Å². The molecule has 0 aromatic heterocycles. The van der Waals surface area contributed by atoms with E-state index in [1.54, 1.807) is 13.0 Å². The molecular formula is C22H22N2O3. The highest BCUT2D eigenvalue weighted by Crippen LogP contribution is 2.68. The third-order valence-corrected chi connectivity index (χ3v) is 7.42. The molecule has 1 saturated heterocycles. The van der Waals surface area contributed by atoms with Gasteiger partial charge in [-0.05, 0) is 49.7 Å². The van der Waals surface area contributed by atoms with Gasteiger partial charge in [0, 0.05) is 11.8 Å². The van der Waals surface area contributed by atoms with Crippen molar-refractivity contribution >= 4 is 5.97 Å². The molecule has 138 valence electrons. The van der Waals surface area contributed by atoms with Crippen LogP contribution in [0, 0.1) is 36.8 Å². The van der Waals surface area contributed by atoms with Crippen LogP contribution in [0.2, 0.25) is 0 Å². The van der Waals surface area contributed by atoms with Gasteiger partial charge in [0.2, 0.25) is 5.60 Å². The smallest absolute Gasteiger partial charge is 0.463 e. The lowest BCUT2D eigenvalue weighted by molar-refractivity contribution is -0.165. The third kappa shape index (κ3) is 1.79. The van der Waals surface area contributed by atoms with Crippen LogP contribution in [0.15, 0.2) is 36.0 Å². The van der Waals surface area contributed by atoms with Gasteiger partial charge in [-0.1, -0.05) is 18.7 Å². The molecule has 3 fully saturated rings. The molecular weight excluding hydrogens is 340 g/mol. The Hall–Kier alpha value is -2.37. The first kappa shape index (κ1) is 16.8. The summed E-state index contributed by atoms with van der Waals surface area (Å²) in [6, 6.07) is 0. The molecule has 1 unspecified atom stereocenters. The lowest BCUT2D eigenvalue weighted by Crippen LogP contribution is -2.54. The number of carbonyl (C=O) groups excluding carboxylic acids is 1. The molecule has 6 atom stereocenters. The van der Waals surface area contributed by atoms with Gasteiger partial charge in [0.1, 0.15) is 17.6 Å². The van der Waals surface area contributed by atoms with Gasteiger partial charge in [-0.3, -0.25) is 0 Å². The van der Waals surface area contributed by atoms with Crippen LogP contribution in [-0.2, 0) is 14.3 Å². The highest BCUT2D eigenvalue weighted by atomic mass is 16.6. The molecule has 2 heterocycles. The van der Waals surface area contributed by atoms with Gasteiger partial charge in [0.05, 0.1) is 6.61 Å². The average Bonchev–Trinajstić information content (AvgIpc) is 3.31. The van der Waals surface area contributed by atoms with Crippen molar-refractivity contribution in [3.63, 3.8) is 0 Å². The fourth-order valence-electron chi connectivity index (χ4n) is 6.42. The first-order chi connectivity index (χ1) is 13.0. The van der Waals surface area contributed by atoms with E-state index in [1.165, 1.54) is 0 Å². The summed E-state index contributed by atoms with van der Waals surface area (Å²) < 4.78 is 11.7. The van der Waals surface area contributed by atoms with E-state index in [0.29, 0.717) is 11.8 Å². The summed E-state index contributed by atoms with van der Waals surface area (Å²) in [4.78, 5) is 20.5. The van der Waals surface area contributed by atoms with Crippen LogP contribution in [0.25, 0.3) is 9.69 Å². The van der Waals surface area contributed by atoms with Crippen molar-refractivity contribution in [1.29, 1.82) is 0 Å². The zero-order chi connectivity index (χ0) is 19.0. The lowest BCUT2D eigenvalue weighted by Gasteiger charge is -2.46. The molecule has 0 aromatic rings. The highest BCUT2D eigenvalue weighted by molar-refractivity contribution is 5.89. The normalized spacial score (nSPS) is 44.7. The predicted octanol–water partition coefficient (Wildman–Crippen LogP) is 3.71. The van der Waals surface area contributed by atoms with Crippen LogP contribution in [0.3, 0.4) is 0 Å². The molecule has 0 radical (unpaired) electrons. The number of esters is 1. The molecule has 27 heavy (non-hydrogen) atoms. The van der Waals surface area contributed by atoms with Crippen LogP contribution in [0.1, 0.15) is 32.6 Å². The molecule has 5 nitrogen and oxygen atoms in total. The second-order valence-electron chi connectivity index (χ2n) is 8.55. The maximum atomic E-state index is 12.8. The van der Waals surface area contributed by atoms with E-state index in [0.717, 1.165) is 30.4 Å². The minimum absolute atomic E-state index is 0.0504. The van der Waals surface area contributed by atoms with E-state index in [2.05, 4.69) is 22.3 Å².